The Bertz CT molecular complexity index is 393. The van der Waals surface area contributed by atoms with Crippen LogP contribution in [0.5, 0.6) is 0 Å². The van der Waals surface area contributed by atoms with Crippen LogP contribution in [0.25, 0.3) is 0 Å². The van der Waals surface area contributed by atoms with Crippen LogP contribution in [0.15, 0.2) is 0 Å². The predicted molar refractivity (Wildman–Crippen MR) is 61.1 cm³/mol. The molecule has 1 atom stereocenters. The van der Waals surface area contributed by atoms with Gasteiger partial charge in [0.2, 0.25) is 0 Å². The summed E-state index contributed by atoms with van der Waals surface area (Å²) in [4.78, 5) is 2.29. The van der Waals surface area contributed by atoms with Gasteiger partial charge in [-0.2, -0.15) is 9.64 Å². The van der Waals surface area contributed by atoms with Crippen LogP contribution >= 0.6 is 11.5 Å². The molecule has 1 aromatic heterocycles. The summed E-state index contributed by atoms with van der Waals surface area (Å²) in [6, 6.07) is 2.66. The van der Waals surface area contributed by atoms with E-state index in [-0.39, 0.29) is 0 Å². The van der Waals surface area contributed by atoms with Gasteiger partial charge in [0, 0.05) is 12.6 Å². The van der Waals surface area contributed by atoms with E-state index >= 15 is 0 Å². The summed E-state index contributed by atoms with van der Waals surface area (Å²) in [5.41, 5.74) is 1.53. The Hall–Kier alpha value is -1.12. The molecule has 0 bridgehead atoms. The van der Waals surface area contributed by atoms with E-state index in [4.69, 9.17) is 5.26 Å². The summed E-state index contributed by atoms with van der Waals surface area (Å²) < 4.78 is 4.19. The third-order valence-electron chi connectivity index (χ3n) is 2.70. The third kappa shape index (κ3) is 2.11. The summed E-state index contributed by atoms with van der Waals surface area (Å²) >= 11 is 1.39. The Morgan fingerprint density at radius 1 is 1.67 bits per heavy atom. The summed E-state index contributed by atoms with van der Waals surface area (Å²) in [5, 5.41) is 13.3. The molecule has 0 aliphatic carbocycles. The Morgan fingerprint density at radius 2 is 2.47 bits per heavy atom. The standard InChI is InChI=1S/C10H14N4S/c1-7-9(5-11)10(15-13-7)12-8-3-4-14(2)6-8/h8,12H,3-4,6H2,1-2H3. The lowest BCUT2D eigenvalue weighted by Crippen LogP contribution is -2.23. The van der Waals surface area contributed by atoms with Gasteiger partial charge in [0.25, 0.3) is 0 Å². The van der Waals surface area contributed by atoms with E-state index < -0.39 is 0 Å². The minimum Gasteiger partial charge on any atom is -0.370 e. The van der Waals surface area contributed by atoms with Gasteiger partial charge in [-0.3, -0.25) is 0 Å². The number of nitriles is 1. The van der Waals surface area contributed by atoms with Gasteiger partial charge >= 0.3 is 0 Å². The number of nitrogens with one attached hydrogen (secondary N) is 1. The van der Waals surface area contributed by atoms with Crippen molar-refractivity contribution in [2.45, 2.75) is 19.4 Å². The molecule has 0 amide bonds. The topological polar surface area (TPSA) is 52.0 Å². The average Bonchev–Trinajstić information content (AvgIpc) is 2.75. The lowest BCUT2D eigenvalue weighted by atomic mass is 10.2. The second-order valence-corrected chi connectivity index (χ2v) is 4.75. The molecule has 1 aromatic rings. The molecule has 2 heterocycles. The number of likely N-dealkylation sites (N-methyl/N-ethyl adjacent to an activating group) is 1. The van der Waals surface area contributed by atoms with Crippen LogP contribution in [0.2, 0.25) is 0 Å². The minimum absolute atomic E-state index is 0.460. The monoisotopic (exact) mass is 222 g/mol. The molecule has 0 spiro atoms. The number of aryl methyl sites for hydroxylation is 1. The Labute approximate surface area is 93.7 Å². The molecule has 5 heteroatoms. The number of aromatic nitrogens is 1. The van der Waals surface area contributed by atoms with E-state index in [0.29, 0.717) is 11.6 Å². The van der Waals surface area contributed by atoms with Crippen LogP contribution in [0, 0.1) is 18.3 Å². The molecule has 15 heavy (non-hydrogen) atoms. The van der Waals surface area contributed by atoms with Crippen LogP contribution in [-0.4, -0.2) is 35.5 Å². The molecule has 1 saturated heterocycles. The number of nitrogens with zero attached hydrogens (tertiary/aromatic N) is 3. The molecule has 0 saturated carbocycles. The second-order valence-electron chi connectivity index (χ2n) is 3.98. The van der Waals surface area contributed by atoms with Crippen molar-refractivity contribution in [3.63, 3.8) is 0 Å². The Balaban J connectivity index is 2.08. The third-order valence-corrected chi connectivity index (χ3v) is 3.57. The highest BCUT2D eigenvalue weighted by atomic mass is 32.1. The quantitative estimate of drug-likeness (QED) is 0.822. The zero-order chi connectivity index (χ0) is 10.8. The Morgan fingerprint density at radius 3 is 3.07 bits per heavy atom. The zero-order valence-corrected chi connectivity index (χ0v) is 9.77. The summed E-state index contributed by atoms with van der Waals surface area (Å²) in [7, 11) is 2.12. The van der Waals surface area contributed by atoms with E-state index in [1.54, 1.807) is 0 Å². The van der Waals surface area contributed by atoms with E-state index in [2.05, 4.69) is 27.7 Å². The van der Waals surface area contributed by atoms with Crippen LogP contribution < -0.4 is 5.32 Å². The van der Waals surface area contributed by atoms with Gasteiger partial charge in [0.1, 0.15) is 16.6 Å². The number of hydrogen-bond donors (Lipinski definition) is 1. The molecular weight excluding hydrogens is 208 g/mol. The molecule has 2 rings (SSSR count). The lowest BCUT2D eigenvalue weighted by molar-refractivity contribution is 0.414. The molecule has 80 valence electrons. The largest absolute Gasteiger partial charge is 0.370 e. The SMILES string of the molecule is Cc1nsc(NC2CCN(C)C2)c1C#N. The van der Waals surface area contributed by atoms with Crippen LogP contribution in [0.1, 0.15) is 17.7 Å². The van der Waals surface area contributed by atoms with Gasteiger partial charge in [0.15, 0.2) is 0 Å². The van der Waals surface area contributed by atoms with Crippen molar-refractivity contribution in [2.24, 2.45) is 0 Å². The molecule has 1 aliphatic heterocycles. The smallest absolute Gasteiger partial charge is 0.127 e. The maximum atomic E-state index is 8.98. The summed E-state index contributed by atoms with van der Waals surface area (Å²) in [6.45, 7) is 4.04. The first kappa shape index (κ1) is 10.4. The normalized spacial score (nSPS) is 21.5. The van der Waals surface area contributed by atoms with E-state index in [1.165, 1.54) is 11.5 Å². The van der Waals surface area contributed by atoms with Crippen LogP contribution in [0.4, 0.5) is 5.00 Å². The summed E-state index contributed by atoms with van der Waals surface area (Å²) in [6.07, 6.45) is 1.14. The molecule has 1 aliphatic rings. The molecule has 0 radical (unpaired) electrons. The van der Waals surface area contributed by atoms with Crippen LogP contribution in [-0.2, 0) is 0 Å². The average molecular weight is 222 g/mol. The van der Waals surface area contributed by atoms with Crippen molar-refractivity contribution in [3.8, 4) is 6.07 Å². The molecule has 1 unspecified atom stereocenters. The van der Waals surface area contributed by atoms with Gasteiger partial charge in [0.05, 0.1) is 5.69 Å². The maximum absolute atomic E-state index is 8.98. The number of anilines is 1. The first-order valence-electron chi connectivity index (χ1n) is 5.02. The van der Waals surface area contributed by atoms with Gasteiger partial charge in [-0.05, 0) is 38.5 Å². The van der Waals surface area contributed by atoms with Crippen molar-refractivity contribution in [2.75, 3.05) is 25.5 Å². The van der Waals surface area contributed by atoms with Gasteiger partial charge in [-0.1, -0.05) is 0 Å². The highest BCUT2D eigenvalue weighted by Gasteiger charge is 2.21. The minimum atomic E-state index is 0.460. The zero-order valence-electron chi connectivity index (χ0n) is 8.95. The van der Waals surface area contributed by atoms with Crippen LogP contribution in [0.3, 0.4) is 0 Å². The molecule has 4 nitrogen and oxygen atoms in total. The molecule has 1 N–H and O–H groups in total. The van der Waals surface area contributed by atoms with E-state index in [0.717, 1.165) is 30.2 Å². The number of likely N-dealkylation sites (tertiary alicyclic amines) is 1. The van der Waals surface area contributed by atoms with Crippen molar-refractivity contribution in [1.82, 2.24) is 9.27 Å². The van der Waals surface area contributed by atoms with Crippen molar-refractivity contribution >= 4 is 16.5 Å². The first-order chi connectivity index (χ1) is 7.20. The van der Waals surface area contributed by atoms with Crippen molar-refractivity contribution in [1.29, 1.82) is 5.26 Å². The van der Waals surface area contributed by atoms with E-state index in [1.807, 2.05) is 6.92 Å². The first-order valence-corrected chi connectivity index (χ1v) is 5.79. The van der Waals surface area contributed by atoms with Gasteiger partial charge in [-0.15, -0.1) is 0 Å². The van der Waals surface area contributed by atoms with Gasteiger partial charge < -0.3 is 10.2 Å². The number of hydrogen-bond acceptors (Lipinski definition) is 5. The van der Waals surface area contributed by atoms with E-state index in [9.17, 15) is 0 Å². The van der Waals surface area contributed by atoms with Crippen molar-refractivity contribution < 1.29 is 0 Å². The highest BCUT2D eigenvalue weighted by molar-refractivity contribution is 7.10. The molecule has 0 aromatic carbocycles. The Kier molecular flexibility index (Phi) is 2.89. The highest BCUT2D eigenvalue weighted by Crippen LogP contribution is 2.25. The predicted octanol–water partition coefficient (Wildman–Crippen LogP) is 1.44. The lowest BCUT2D eigenvalue weighted by Gasteiger charge is -2.12. The van der Waals surface area contributed by atoms with Crippen molar-refractivity contribution in [3.05, 3.63) is 11.3 Å². The fourth-order valence-electron chi connectivity index (χ4n) is 1.84. The molecule has 1 fully saturated rings. The molecular formula is C10H14N4S. The fourth-order valence-corrected chi connectivity index (χ4v) is 2.66. The summed E-state index contributed by atoms with van der Waals surface area (Å²) in [5.74, 6) is 0. The van der Waals surface area contributed by atoms with Gasteiger partial charge in [-0.25, -0.2) is 0 Å². The second kappa shape index (κ2) is 4.17. The fraction of sp³-hybridized carbons (Fsp3) is 0.600. The number of rotatable bonds is 2. The maximum Gasteiger partial charge on any atom is 0.127 e.